The largest absolute Gasteiger partial charge is 0.480 e. The Kier molecular flexibility index (Phi) is 14.1. The van der Waals surface area contributed by atoms with E-state index in [0.29, 0.717) is 18.7 Å². The van der Waals surface area contributed by atoms with Gasteiger partial charge in [-0.25, -0.2) is 4.79 Å². The number of rotatable bonds is 18. The molecule has 4 unspecified atom stereocenters. The zero-order chi connectivity index (χ0) is 31.2. The number of nitrogens with two attached hydrogens (primary N) is 3. The highest BCUT2D eigenvalue weighted by molar-refractivity contribution is 7.98. The third-order valence-corrected chi connectivity index (χ3v) is 7.25. The fourth-order valence-corrected chi connectivity index (χ4v) is 4.87. The Labute approximate surface area is 250 Å². The second-order valence-electron chi connectivity index (χ2n) is 10.6. The Morgan fingerprint density at radius 3 is 2.26 bits per heavy atom. The smallest absolute Gasteiger partial charge is 0.326 e. The average molecular weight is 605 g/mol. The lowest BCUT2D eigenvalue weighted by atomic mass is 10.00. The number of benzene rings is 1. The third kappa shape index (κ3) is 11.2. The molecule has 1 aromatic heterocycles. The van der Waals surface area contributed by atoms with Crippen molar-refractivity contribution in [1.82, 2.24) is 20.9 Å². The van der Waals surface area contributed by atoms with Crippen LogP contribution in [-0.2, 0) is 25.6 Å². The number of aliphatic carboxylic acids is 1. The maximum absolute atomic E-state index is 13.7. The molecule has 0 radical (unpaired) electrons. The van der Waals surface area contributed by atoms with Crippen molar-refractivity contribution in [3.8, 4) is 0 Å². The summed E-state index contributed by atoms with van der Waals surface area (Å²) < 4.78 is 0. The van der Waals surface area contributed by atoms with Gasteiger partial charge in [0.2, 0.25) is 17.7 Å². The molecule has 0 aliphatic carbocycles. The summed E-state index contributed by atoms with van der Waals surface area (Å²) in [5.41, 5.74) is 18.4. The normalized spacial score (nSPS) is 14.0. The number of aliphatic imine (C=N–C) groups is 1. The van der Waals surface area contributed by atoms with Crippen molar-refractivity contribution in [3.05, 3.63) is 36.0 Å². The van der Waals surface area contributed by atoms with Crippen LogP contribution in [0.2, 0.25) is 0 Å². The van der Waals surface area contributed by atoms with Crippen LogP contribution in [0.3, 0.4) is 0 Å². The molecule has 0 aliphatic heterocycles. The highest BCUT2D eigenvalue weighted by Gasteiger charge is 2.31. The highest BCUT2D eigenvalue weighted by Crippen LogP contribution is 2.19. The van der Waals surface area contributed by atoms with Crippen LogP contribution in [0.1, 0.15) is 45.1 Å². The molecule has 0 spiro atoms. The number of carboxylic acid groups (broad SMARTS) is 1. The van der Waals surface area contributed by atoms with Crippen molar-refractivity contribution in [2.24, 2.45) is 28.1 Å². The standard InChI is InChI=1S/C28H44N8O5S/c1-16(2)13-22(25(38)34-21(27(40)41)10-12-42-3)36-26(39)23(14-17-15-33-20-9-5-4-7-18(17)20)35-24(37)19(29)8-6-11-32-28(30)31/h4-5,7,9,15-16,19,21-23,33H,6,8,10-14,29H2,1-3H3,(H,34,38)(H,35,37)(H,36,39)(H,40,41)(H4,30,31,32). The molecule has 2 aromatic rings. The maximum Gasteiger partial charge on any atom is 0.326 e. The molecule has 0 bridgehead atoms. The molecule has 11 N–H and O–H groups in total. The zero-order valence-electron chi connectivity index (χ0n) is 24.4. The van der Waals surface area contributed by atoms with Crippen molar-refractivity contribution < 1.29 is 24.3 Å². The van der Waals surface area contributed by atoms with Crippen LogP contribution < -0.4 is 33.2 Å². The molecular formula is C28H44N8O5S. The molecular weight excluding hydrogens is 560 g/mol. The summed E-state index contributed by atoms with van der Waals surface area (Å²) in [6.45, 7) is 4.09. The van der Waals surface area contributed by atoms with E-state index in [1.54, 1.807) is 6.20 Å². The number of amides is 3. The molecule has 232 valence electrons. The SMILES string of the molecule is CSCCC(NC(=O)C(CC(C)C)NC(=O)C(Cc1c[nH]c2ccccc12)NC(=O)C(N)CCCN=C(N)N)C(=O)O. The van der Waals surface area contributed by atoms with E-state index in [2.05, 4.69) is 25.9 Å². The van der Waals surface area contributed by atoms with Crippen molar-refractivity contribution in [2.45, 2.75) is 70.1 Å². The molecule has 0 saturated heterocycles. The Bertz CT molecular complexity index is 1230. The number of aromatic amines is 1. The number of H-pyrrole nitrogens is 1. The first-order chi connectivity index (χ1) is 19.9. The van der Waals surface area contributed by atoms with Crippen LogP contribution in [0.5, 0.6) is 0 Å². The lowest BCUT2D eigenvalue weighted by Crippen LogP contribution is -2.57. The molecule has 42 heavy (non-hydrogen) atoms. The number of guanidine groups is 1. The Morgan fingerprint density at radius 1 is 0.976 bits per heavy atom. The van der Waals surface area contributed by atoms with Crippen molar-refractivity contribution >= 4 is 52.3 Å². The number of aromatic nitrogens is 1. The minimum Gasteiger partial charge on any atom is -0.480 e. The van der Waals surface area contributed by atoms with Gasteiger partial charge in [-0.15, -0.1) is 0 Å². The topological polar surface area (TPSA) is 231 Å². The second-order valence-corrected chi connectivity index (χ2v) is 11.5. The summed E-state index contributed by atoms with van der Waals surface area (Å²) in [5, 5.41) is 18.5. The Hall–Kier alpha value is -3.78. The molecule has 13 nitrogen and oxygen atoms in total. The molecule has 14 heteroatoms. The lowest BCUT2D eigenvalue weighted by Gasteiger charge is -2.26. The summed E-state index contributed by atoms with van der Waals surface area (Å²) in [7, 11) is 0. The summed E-state index contributed by atoms with van der Waals surface area (Å²) in [6, 6.07) is 3.49. The van der Waals surface area contributed by atoms with Gasteiger partial charge in [0.05, 0.1) is 6.04 Å². The van der Waals surface area contributed by atoms with Crippen LogP contribution >= 0.6 is 11.8 Å². The Morgan fingerprint density at radius 2 is 1.62 bits per heavy atom. The first-order valence-electron chi connectivity index (χ1n) is 13.9. The van der Waals surface area contributed by atoms with E-state index in [-0.39, 0.29) is 37.6 Å². The molecule has 0 fully saturated rings. The van der Waals surface area contributed by atoms with Crippen molar-refractivity contribution in [2.75, 3.05) is 18.6 Å². The predicted octanol–water partition coefficient (Wildman–Crippen LogP) is 0.430. The van der Waals surface area contributed by atoms with E-state index in [4.69, 9.17) is 17.2 Å². The molecule has 3 amide bonds. The van der Waals surface area contributed by atoms with E-state index in [9.17, 15) is 24.3 Å². The highest BCUT2D eigenvalue weighted by atomic mass is 32.2. The van der Waals surface area contributed by atoms with Gasteiger partial charge in [0.25, 0.3) is 0 Å². The fraction of sp³-hybridized carbons (Fsp3) is 0.536. The van der Waals surface area contributed by atoms with E-state index >= 15 is 0 Å². The minimum absolute atomic E-state index is 0.0100. The number of carbonyl (C=O) groups excluding carboxylic acids is 3. The van der Waals surface area contributed by atoms with Gasteiger partial charge in [-0.2, -0.15) is 11.8 Å². The minimum atomic E-state index is -1.15. The summed E-state index contributed by atoms with van der Waals surface area (Å²) >= 11 is 1.47. The van der Waals surface area contributed by atoms with Crippen molar-refractivity contribution in [3.63, 3.8) is 0 Å². The first kappa shape index (κ1) is 34.4. The number of carboxylic acids is 1. The van der Waals surface area contributed by atoms with Gasteiger partial charge in [0, 0.05) is 30.1 Å². The zero-order valence-corrected chi connectivity index (χ0v) is 25.2. The quantitative estimate of drug-likeness (QED) is 0.0669. The number of fused-ring (bicyclic) bond motifs is 1. The van der Waals surface area contributed by atoms with E-state index < -0.39 is 47.9 Å². The monoisotopic (exact) mass is 604 g/mol. The van der Waals surface area contributed by atoms with Crippen LogP contribution in [0.15, 0.2) is 35.5 Å². The third-order valence-electron chi connectivity index (χ3n) is 6.60. The van der Waals surface area contributed by atoms with Gasteiger partial charge >= 0.3 is 5.97 Å². The van der Waals surface area contributed by atoms with Crippen LogP contribution in [0.4, 0.5) is 0 Å². The van der Waals surface area contributed by atoms with Crippen LogP contribution in [0, 0.1) is 5.92 Å². The number of hydrogen-bond donors (Lipinski definition) is 8. The average Bonchev–Trinajstić information content (AvgIpc) is 3.34. The number of hydrogen-bond acceptors (Lipinski definition) is 7. The van der Waals surface area contributed by atoms with Gasteiger partial charge in [-0.3, -0.25) is 19.4 Å². The van der Waals surface area contributed by atoms with Crippen molar-refractivity contribution in [1.29, 1.82) is 0 Å². The van der Waals surface area contributed by atoms with E-state index in [0.717, 1.165) is 16.5 Å². The molecule has 1 aromatic carbocycles. The predicted molar refractivity (Wildman–Crippen MR) is 166 cm³/mol. The van der Waals surface area contributed by atoms with Gasteiger partial charge in [0.1, 0.15) is 18.1 Å². The number of carbonyl (C=O) groups is 4. The van der Waals surface area contributed by atoms with Crippen LogP contribution in [-0.4, -0.2) is 82.5 Å². The Balaban J connectivity index is 2.25. The second kappa shape index (κ2) is 17.2. The number of para-hydroxylation sites is 1. The molecule has 4 atom stereocenters. The maximum atomic E-state index is 13.7. The number of nitrogens with one attached hydrogen (secondary N) is 4. The van der Waals surface area contributed by atoms with Crippen LogP contribution in [0.25, 0.3) is 10.9 Å². The summed E-state index contributed by atoms with van der Waals surface area (Å²) in [4.78, 5) is 58.7. The number of thioether (sulfide) groups is 1. The summed E-state index contributed by atoms with van der Waals surface area (Å²) in [6.07, 6.45) is 5.01. The van der Waals surface area contributed by atoms with Gasteiger partial charge in [0.15, 0.2) is 5.96 Å². The van der Waals surface area contributed by atoms with Gasteiger partial charge in [-0.05, 0) is 55.2 Å². The fourth-order valence-electron chi connectivity index (χ4n) is 4.40. The lowest BCUT2D eigenvalue weighted by molar-refractivity contribution is -0.142. The van der Waals surface area contributed by atoms with Gasteiger partial charge < -0.3 is 43.2 Å². The van der Waals surface area contributed by atoms with E-state index in [1.807, 2.05) is 44.4 Å². The molecule has 1 heterocycles. The molecule has 0 aliphatic rings. The molecule has 2 rings (SSSR count). The molecule has 0 saturated carbocycles. The van der Waals surface area contributed by atoms with E-state index in [1.165, 1.54) is 11.8 Å². The first-order valence-corrected chi connectivity index (χ1v) is 15.3. The summed E-state index contributed by atoms with van der Waals surface area (Å²) in [5.74, 6) is -2.36. The number of nitrogens with zero attached hydrogens (tertiary/aromatic N) is 1. The van der Waals surface area contributed by atoms with Gasteiger partial charge in [-0.1, -0.05) is 32.0 Å².